The summed E-state index contributed by atoms with van der Waals surface area (Å²) < 4.78 is 0. The molecule has 0 radical (unpaired) electrons. The van der Waals surface area contributed by atoms with Gasteiger partial charge in [0.15, 0.2) is 0 Å². The number of nitrogens with two attached hydrogens (primary N) is 1. The van der Waals surface area contributed by atoms with Crippen LogP contribution in [-0.2, 0) is 0 Å². The second kappa shape index (κ2) is 5.04. The van der Waals surface area contributed by atoms with Crippen molar-refractivity contribution in [3.63, 3.8) is 0 Å². The van der Waals surface area contributed by atoms with Crippen molar-refractivity contribution in [3.8, 4) is 0 Å². The van der Waals surface area contributed by atoms with Crippen LogP contribution in [0.3, 0.4) is 0 Å². The Balaban J connectivity index is 2.66. The van der Waals surface area contributed by atoms with Gasteiger partial charge in [-0.15, -0.1) is 0 Å². The lowest BCUT2D eigenvalue weighted by molar-refractivity contribution is 0.789. The molecule has 0 unspecified atom stereocenters. The van der Waals surface area contributed by atoms with Crippen LogP contribution in [0.4, 0.5) is 0 Å². The van der Waals surface area contributed by atoms with Crippen molar-refractivity contribution in [2.75, 3.05) is 0 Å². The molecule has 1 rings (SSSR count). The predicted molar refractivity (Wildman–Crippen MR) is 62.9 cm³/mol. The summed E-state index contributed by atoms with van der Waals surface area (Å²) >= 11 is 0. The lowest BCUT2D eigenvalue weighted by Crippen LogP contribution is -2.04. The van der Waals surface area contributed by atoms with Gasteiger partial charge in [-0.2, -0.15) is 0 Å². The lowest BCUT2D eigenvalue weighted by Gasteiger charge is -2.09. The van der Waals surface area contributed by atoms with E-state index in [-0.39, 0.29) is 0 Å². The van der Waals surface area contributed by atoms with Crippen molar-refractivity contribution in [2.45, 2.75) is 45.4 Å². The maximum Gasteiger partial charge on any atom is 0.0375 e. The van der Waals surface area contributed by atoms with Crippen LogP contribution in [0.1, 0.15) is 45.4 Å². The van der Waals surface area contributed by atoms with Gasteiger partial charge in [0.1, 0.15) is 0 Å². The van der Waals surface area contributed by atoms with E-state index in [4.69, 9.17) is 5.73 Å². The van der Waals surface area contributed by atoms with Crippen molar-refractivity contribution in [1.82, 2.24) is 0 Å². The topological polar surface area (TPSA) is 26.0 Å². The molecule has 0 spiro atoms. The molecule has 78 valence electrons. The Morgan fingerprint density at radius 1 is 1.43 bits per heavy atom. The molecular formula is C13H21N. The quantitative estimate of drug-likeness (QED) is 0.720. The number of hydrogen-bond acceptors (Lipinski definition) is 1. The highest BCUT2D eigenvalue weighted by Crippen LogP contribution is 2.32. The Labute approximate surface area is 87.4 Å². The molecule has 0 saturated heterocycles. The van der Waals surface area contributed by atoms with Gasteiger partial charge in [0.2, 0.25) is 0 Å². The fraction of sp³-hybridized carbons (Fsp3) is 0.538. The van der Waals surface area contributed by atoms with E-state index >= 15 is 0 Å². The maximum absolute atomic E-state index is 6.07. The van der Waals surface area contributed by atoms with Crippen molar-refractivity contribution in [2.24, 2.45) is 5.73 Å². The average molecular weight is 191 g/mol. The number of allylic oxidation sites excluding steroid dienone is 3. The second-order valence-corrected chi connectivity index (χ2v) is 4.06. The Hall–Kier alpha value is -0.980. The molecule has 2 N–H and O–H groups in total. The molecule has 0 atom stereocenters. The van der Waals surface area contributed by atoms with E-state index in [0.717, 1.165) is 30.5 Å². The smallest absolute Gasteiger partial charge is 0.0375 e. The molecule has 1 fully saturated rings. The summed E-state index contributed by atoms with van der Waals surface area (Å²) in [5.74, 6) is 0. The molecule has 1 saturated carbocycles. The highest BCUT2D eigenvalue weighted by atomic mass is 14.6. The van der Waals surface area contributed by atoms with Gasteiger partial charge in [-0.05, 0) is 48.8 Å². The van der Waals surface area contributed by atoms with E-state index in [1.807, 2.05) is 0 Å². The van der Waals surface area contributed by atoms with Crippen molar-refractivity contribution < 1.29 is 0 Å². The second-order valence-electron chi connectivity index (χ2n) is 4.06. The zero-order chi connectivity index (χ0) is 10.6. The molecule has 0 aromatic rings. The third-order valence-electron chi connectivity index (χ3n) is 2.87. The summed E-state index contributed by atoms with van der Waals surface area (Å²) in [6.45, 7) is 10.3. The zero-order valence-corrected chi connectivity index (χ0v) is 9.23. The van der Waals surface area contributed by atoms with Crippen LogP contribution >= 0.6 is 0 Å². The molecule has 1 aliphatic rings. The first-order valence-corrected chi connectivity index (χ1v) is 5.51. The Bertz CT molecular complexity index is 271. The van der Waals surface area contributed by atoms with Crippen LogP contribution in [0.5, 0.6) is 0 Å². The molecule has 0 aromatic carbocycles. The zero-order valence-electron chi connectivity index (χ0n) is 9.23. The Morgan fingerprint density at radius 2 is 2.14 bits per heavy atom. The SMILES string of the molecule is C=C(CCCC)/C(N)=C1/CCCC1=C. The largest absolute Gasteiger partial charge is 0.398 e. The third-order valence-corrected chi connectivity index (χ3v) is 2.87. The number of hydrogen-bond donors (Lipinski definition) is 1. The van der Waals surface area contributed by atoms with Crippen LogP contribution in [0.15, 0.2) is 35.6 Å². The highest BCUT2D eigenvalue weighted by molar-refractivity contribution is 5.43. The molecule has 0 heterocycles. The number of rotatable bonds is 4. The lowest BCUT2D eigenvalue weighted by atomic mass is 10.0. The first-order chi connectivity index (χ1) is 6.66. The highest BCUT2D eigenvalue weighted by Gasteiger charge is 2.15. The minimum Gasteiger partial charge on any atom is -0.398 e. The van der Waals surface area contributed by atoms with Crippen molar-refractivity contribution >= 4 is 0 Å². The van der Waals surface area contributed by atoms with Gasteiger partial charge in [0.25, 0.3) is 0 Å². The van der Waals surface area contributed by atoms with Gasteiger partial charge < -0.3 is 5.73 Å². The van der Waals surface area contributed by atoms with Gasteiger partial charge in [-0.25, -0.2) is 0 Å². The first-order valence-electron chi connectivity index (χ1n) is 5.51. The van der Waals surface area contributed by atoms with E-state index in [0.29, 0.717) is 0 Å². The van der Waals surface area contributed by atoms with Gasteiger partial charge >= 0.3 is 0 Å². The van der Waals surface area contributed by atoms with Crippen LogP contribution < -0.4 is 5.73 Å². The minimum absolute atomic E-state index is 0.918. The molecule has 1 nitrogen and oxygen atoms in total. The Morgan fingerprint density at radius 3 is 2.64 bits per heavy atom. The van der Waals surface area contributed by atoms with E-state index in [1.54, 1.807) is 0 Å². The van der Waals surface area contributed by atoms with E-state index in [9.17, 15) is 0 Å². The minimum atomic E-state index is 0.918. The summed E-state index contributed by atoms with van der Waals surface area (Å²) in [7, 11) is 0. The fourth-order valence-corrected chi connectivity index (χ4v) is 1.87. The molecule has 1 heteroatoms. The molecule has 1 aliphatic carbocycles. The standard InChI is InChI=1S/C13H21N/c1-4-5-7-11(3)13(14)12-9-6-8-10(12)2/h2-9,14H2,1H3/b13-12+. The molecule has 14 heavy (non-hydrogen) atoms. The van der Waals surface area contributed by atoms with E-state index in [1.165, 1.54) is 30.4 Å². The monoisotopic (exact) mass is 191 g/mol. The van der Waals surface area contributed by atoms with Crippen molar-refractivity contribution in [1.29, 1.82) is 0 Å². The van der Waals surface area contributed by atoms with Crippen LogP contribution in [0, 0.1) is 0 Å². The van der Waals surface area contributed by atoms with Crippen LogP contribution in [-0.4, -0.2) is 0 Å². The summed E-state index contributed by atoms with van der Waals surface area (Å²) in [6.07, 6.45) is 6.81. The predicted octanol–water partition coefficient (Wildman–Crippen LogP) is 3.69. The Kier molecular flexibility index (Phi) is 3.99. The molecule has 0 aromatic heterocycles. The van der Waals surface area contributed by atoms with Crippen LogP contribution in [0.2, 0.25) is 0 Å². The fourth-order valence-electron chi connectivity index (χ4n) is 1.87. The van der Waals surface area contributed by atoms with Gasteiger partial charge in [0, 0.05) is 5.70 Å². The summed E-state index contributed by atoms with van der Waals surface area (Å²) in [4.78, 5) is 0. The number of unbranched alkanes of at least 4 members (excludes halogenated alkanes) is 1. The molecule has 0 bridgehead atoms. The van der Waals surface area contributed by atoms with Gasteiger partial charge in [-0.1, -0.05) is 26.5 Å². The average Bonchev–Trinajstić information content (AvgIpc) is 2.59. The summed E-state index contributed by atoms with van der Waals surface area (Å²) in [5.41, 5.74) is 10.6. The van der Waals surface area contributed by atoms with Crippen LogP contribution in [0.25, 0.3) is 0 Å². The summed E-state index contributed by atoms with van der Waals surface area (Å²) in [5, 5.41) is 0. The first kappa shape index (κ1) is 11.1. The van der Waals surface area contributed by atoms with Crippen molar-refractivity contribution in [3.05, 3.63) is 35.6 Å². The molecule has 0 amide bonds. The van der Waals surface area contributed by atoms with Gasteiger partial charge in [-0.3, -0.25) is 0 Å². The van der Waals surface area contributed by atoms with E-state index < -0.39 is 0 Å². The third kappa shape index (κ3) is 2.50. The maximum atomic E-state index is 6.07. The van der Waals surface area contributed by atoms with Gasteiger partial charge in [0.05, 0.1) is 0 Å². The normalized spacial score (nSPS) is 19.9. The van der Waals surface area contributed by atoms with E-state index in [2.05, 4.69) is 20.1 Å². The summed E-state index contributed by atoms with van der Waals surface area (Å²) in [6, 6.07) is 0. The molecule has 0 aliphatic heterocycles. The molecular weight excluding hydrogens is 170 g/mol.